The molecule has 1 aliphatic heterocycles. The van der Waals surface area contributed by atoms with Gasteiger partial charge in [-0.05, 0) is 13.0 Å². The summed E-state index contributed by atoms with van der Waals surface area (Å²) in [6.45, 7) is 1.84. The number of hydrogen-bond acceptors (Lipinski definition) is 4. The highest BCUT2D eigenvalue weighted by molar-refractivity contribution is 8.00. The summed E-state index contributed by atoms with van der Waals surface area (Å²) in [6, 6.07) is 6.72. The van der Waals surface area contributed by atoms with Gasteiger partial charge in [-0.25, -0.2) is 4.79 Å². The Balaban J connectivity index is 2.03. The van der Waals surface area contributed by atoms with Crippen molar-refractivity contribution in [3.8, 4) is 0 Å². The Bertz CT molecular complexity index is 730. The maximum absolute atomic E-state index is 12.7. The minimum Gasteiger partial charge on any atom is -0.480 e. The number of carbonyl (C=O) groups excluding carboxylic acids is 1. The van der Waals surface area contributed by atoms with Crippen LogP contribution in [-0.2, 0) is 4.79 Å². The van der Waals surface area contributed by atoms with Gasteiger partial charge in [0.05, 0.1) is 10.4 Å². The molecule has 2 unspecified atom stereocenters. The van der Waals surface area contributed by atoms with Gasteiger partial charge in [0.15, 0.2) is 0 Å². The van der Waals surface area contributed by atoms with Crippen molar-refractivity contribution in [2.45, 2.75) is 18.3 Å². The molecule has 110 valence electrons. The van der Waals surface area contributed by atoms with Gasteiger partial charge < -0.3 is 10.0 Å². The van der Waals surface area contributed by atoms with E-state index < -0.39 is 12.0 Å². The first-order valence-electron chi connectivity index (χ1n) is 6.35. The van der Waals surface area contributed by atoms with Crippen LogP contribution in [0.25, 0.3) is 10.1 Å². The van der Waals surface area contributed by atoms with Crippen LogP contribution in [0, 0.1) is 0 Å². The molecular formula is C14H12ClNO3S2. The predicted octanol–water partition coefficient (Wildman–Crippen LogP) is 3.54. The average molecular weight is 342 g/mol. The zero-order valence-electron chi connectivity index (χ0n) is 11.1. The van der Waals surface area contributed by atoms with Crippen LogP contribution in [0.2, 0.25) is 5.02 Å². The fourth-order valence-corrected chi connectivity index (χ4v) is 5.03. The summed E-state index contributed by atoms with van der Waals surface area (Å²) >= 11 is 9.09. The molecule has 7 heteroatoms. The lowest BCUT2D eigenvalue weighted by Crippen LogP contribution is -2.44. The van der Waals surface area contributed by atoms with Crippen LogP contribution >= 0.6 is 34.7 Å². The zero-order valence-corrected chi connectivity index (χ0v) is 13.5. The lowest BCUT2D eigenvalue weighted by molar-refractivity contribution is -0.141. The molecule has 1 amide bonds. The van der Waals surface area contributed by atoms with Crippen LogP contribution < -0.4 is 0 Å². The number of carboxylic acids is 1. The molecule has 3 rings (SSSR count). The summed E-state index contributed by atoms with van der Waals surface area (Å²) < 4.78 is 0.928. The van der Waals surface area contributed by atoms with E-state index in [-0.39, 0.29) is 11.3 Å². The van der Waals surface area contributed by atoms with Gasteiger partial charge in [-0.2, -0.15) is 0 Å². The van der Waals surface area contributed by atoms with E-state index in [9.17, 15) is 14.7 Å². The molecule has 0 radical (unpaired) electrons. The van der Waals surface area contributed by atoms with Crippen LogP contribution in [0.4, 0.5) is 0 Å². The number of fused-ring (bicyclic) bond motifs is 1. The van der Waals surface area contributed by atoms with E-state index in [4.69, 9.17) is 11.6 Å². The van der Waals surface area contributed by atoms with Gasteiger partial charge in [0.25, 0.3) is 5.91 Å². The van der Waals surface area contributed by atoms with Crippen LogP contribution in [0.5, 0.6) is 0 Å². The predicted molar refractivity (Wildman–Crippen MR) is 86.3 cm³/mol. The average Bonchev–Trinajstić information content (AvgIpc) is 3.00. The first kappa shape index (κ1) is 14.7. The second kappa shape index (κ2) is 5.51. The Labute approximate surface area is 134 Å². The minimum atomic E-state index is -0.975. The molecule has 2 heterocycles. The second-order valence-corrected chi connectivity index (χ2v) is 7.52. The van der Waals surface area contributed by atoms with Gasteiger partial charge >= 0.3 is 5.97 Å². The number of carboxylic acid groups (broad SMARTS) is 1. The minimum absolute atomic E-state index is 0.167. The highest BCUT2D eigenvalue weighted by Crippen LogP contribution is 2.38. The molecular weight excluding hydrogens is 330 g/mol. The molecule has 1 fully saturated rings. The monoisotopic (exact) mass is 341 g/mol. The number of amides is 1. The van der Waals surface area contributed by atoms with Gasteiger partial charge in [0.2, 0.25) is 0 Å². The Morgan fingerprint density at radius 2 is 2.10 bits per heavy atom. The number of carbonyl (C=O) groups is 2. The molecule has 21 heavy (non-hydrogen) atoms. The number of rotatable bonds is 2. The molecule has 2 aromatic rings. The van der Waals surface area contributed by atoms with Crippen molar-refractivity contribution in [2.24, 2.45) is 0 Å². The molecule has 1 saturated heterocycles. The van der Waals surface area contributed by atoms with Crippen molar-refractivity contribution < 1.29 is 14.7 Å². The second-order valence-electron chi connectivity index (χ2n) is 4.74. The lowest BCUT2D eigenvalue weighted by Gasteiger charge is -2.24. The lowest BCUT2D eigenvalue weighted by atomic mass is 10.2. The summed E-state index contributed by atoms with van der Waals surface area (Å²) in [5.74, 6) is -0.867. The third-order valence-electron chi connectivity index (χ3n) is 3.47. The van der Waals surface area contributed by atoms with Crippen molar-refractivity contribution in [3.63, 3.8) is 0 Å². The standard InChI is InChI=1S/C14H12ClNO3S2/c1-7-16(9(6-20-7)14(18)19)13(17)12-11(15)8-4-2-3-5-10(8)21-12/h2-5,7,9H,6H2,1H3,(H,18,19). The van der Waals surface area contributed by atoms with Crippen molar-refractivity contribution in [1.82, 2.24) is 4.90 Å². The number of aliphatic carboxylic acids is 1. The number of hydrogen-bond donors (Lipinski definition) is 1. The maximum atomic E-state index is 12.7. The van der Waals surface area contributed by atoms with Crippen molar-refractivity contribution in [2.75, 3.05) is 5.75 Å². The first-order chi connectivity index (χ1) is 10.0. The molecule has 2 atom stereocenters. The summed E-state index contributed by atoms with van der Waals surface area (Å²) in [5, 5.41) is 10.3. The Morgan fingerprint density at radius 1 is 1.38 bits per heavy atom. The van der Waals surface area contributed by atoms with E-state index in [1.54, 1.807) is 0 Å². The van der Waals surface area contributed by atoms with Crippen molar-refractivity contribution in [3.05, 3.63) is 34.2 Å². The Morgan fingerprint density at radius 3 is 2.76 bits per heavy atom. The fourth-order valence-electron chi connectivity index (χ4n) is 2.41. The molecule has 1 aromatic heterocycles. The zero-order chi connectivity index (χ0) is 15.1. The highest BCUT2D eigenvalue weighted by Gasteiger charge is 2.41. The summed E-state index contributed by atoms with van der Waals surface area (Å²) in [4.78, 5) is 25.9. The third-order valence-corrected chi connectivity index (χ3v) is 6.35. The molecule has 4 nitrogen and oxygen atoms in total. The summed E-state index contributed by atoms with van der Waals surface area (Å²) in [6.07, 6.45) is 0. The van der Waals surface area contributed by atoms with E-state index in [1.807, 2.05) is 31.2 Å². The number of halogens is 1. The van der Waals surface area contributed by atoms with Crippen LogP contribution in [0.1, 0.15) is 16.6 Å². The third kappa shape index (κ3) is 2.41. The van der Waals surface area contributed by atoms with Gasteiger partial charge in [-0.3, -0.25) is 4.79 Å². The first-order valence-corrected chi connectivity index (χ1v) is 8.59. The molecule has 0 bridgehead atoms. The summed E-state index contributed by atoms with van der Waals surface area (Å²) in [7, 11) is 0. The molecule has 0 spiro atoms. The molecule has 1 N–H and O–H groups in total. The van der Waals surface area contributed by atoms with Gasteiger partial charge in [-0.15, -0.1) is 23.1 Å². The Kier molecular flexibility index (Phi) is 3.86. The van der Waals surface area contributed by atoms with Gasteiger partial charge in [-0.1, -0.05) is 29.8 Å². The number of nitrogens with zero attached hydrogens (tertiary/aromatic N) is 1. The van der Waals surface area contributed by atoms with E-state index in [0.717, 1.165) is 10.1 Å². The molecule has 1 aliphatic rings. The number of thiophene rings is 1. The van der Waals surface area contributed by atoms with Gasteiger partial charge in [0, 0.05) is 15.8 Å². The van der Waals surface area contributed by atoms with E-state index in [1.165, 1.54) is 28.0 Å². The smallest absolute Gasteiger partial charge is 0.327 e. The van der Waals surface area contributed by atoms with E-state index in [2.05, 4.69) is 0 Å². The Hall–Kier alpha value is -1.24. The normalized spacial score (nSPS) is 21.9. The molecule has 0 saturated carbocycles. The quantitative estimate of drug-likeness (QED) is 0.907. The highest BCUT2D eigenvalue weighted by atomic mass is 35.5. The maximum Gasteiger partial charge on any atom is 0.327 e. The number of thioether (sulfide) groups is 1. The van der Waals surface area contributed by atoms with E-state index in [0.29, 0.717) is 15.7 Å². The van der Waals surface area contributed by atoms with Crippen molar-refractivity contribution in [1.29, 1.82) is 0 Å². The summed E-state index contributed by atoms with van der Waals surface area (Å²) in [5.41, 5.74) is 0. The molecule has 1 aromatic carbocycles. The SMILES string of the molecule is CC1SCC(C(=O)O)N1C(=O)c1sc2ccccc2c1Cl. The largest absolute Gasteiger partial charge is 0.480 e. The van der Waals surface area contributed by atoms with Crippen molar-refractivity contribution >= 4 is 56.7 Å². The fraction of sp³-hybridized carbons (Fsp3) is 0.286. The van der Waals surface area contributed by atoms with Crippen LogP contribution in [0.15, 0.2) is 24.3 Å². The van der Waals surface area contributed by atoms with Crippen LogP contribution in [-0.4, -0.2) is 39.1 Å². The molecule has 0 aliphatic carbocycles. The number of benzene rings is 1. The van der Waals surface area contributed by atoms with E-state index >= 15 is 0 Å². The van der Waals surface area contributed by atoms with Gasteiger partial charge in [0.1, 0.15) is 10.9 Å². The van der Waals surface area contributed by atoms with Crippen LogP contribution in [0.3, 0.4) is 0 Å². The topological polar surface area (TPSA) is 57.6 Å².